The van der Waals surface area contributed by atoms with E-state index in [4.69, 9.17) is 0 Å². The highest BCUT2D eigenvalue weighted by Gasteiger charge is 2.07. The molecule has 6 heteroatoms. The van der Waals surface area contributed by atoms with Gasteiger partial charge in [-0.15, -0.1) is 24.8 Å². The highest BCUT2D eigenvalue weighted by Crippen LogP contribution is 2.12. The van der Waals surface area contributed by atoms with E-state index in [-0.39, 0.29) is 30.6 Å². The number of imidazole rings is 1. The van der Waals surface area contributed by atoms with Crippen LogP contribution in [0, 0.1) is 0 Å². The van der Waals surface area contributed by atoms with Crippen LogP contribution in [0.3, 0.4) is 0 Å². The number of carbonyl (C=O) groups excluding carboxylic acids is 1. The van der Waals surface area contributed by atoms with Crippen molar-refractivity contribution >= 4 is 30.6 Å². The first-order chi connectivity index (χ1) is 10.2. The molecule has 0 aliphatic carbocycles. The first-order valence-corrected chi connectivity index (χ1v) is 7.58. The molecule has 1 aromatic heterocycles. The molecule has 0 spiro atoms. The Hall–Kier alpha value is -1.36. The maximum atomic E-state index is 12.2. The molecule has 0 unspecified atom stereocenters. The minimum atomic E-state index is 0. The normalized spacial score (nSPS) is 10.0. The third-order valence-corrected chi connectivity index (χ3v) is 3.76. The maximum Gasteiger partial charge on any atom is 0.162 e. The number of halogens is 2. The predicted octanol–water partition coefficient (Wildman–Crippen LogP) is 4.02. The lowest BCUT2D eigenvalue weighted by atomic mass is 10.1. The molecule has 0 N–H and O–H groups in total. The maximum absolute atomic E-state index is 12.2. The number of benzene rings is 1. The summed E-state index contributed by atoms with van der Waals surface area (Å²) in [5, 5.41) is 0. The SMILES string of the molecule is CCN(CC)CCCC(=O)c1ccc(-n2ccnc2)cc1.Cl.Cl. The fraction of sp³-hybridized carbons (Fsp3) is 0.412. The molecule has 0 fully saturated rings. The van der Waals surface area contributed by atoms with E-state index >= 15 is 0 Å². The van der Waals surface area contributed by atoms with Gasteiger partial charge in [-0.25, -0.2) is 4.98 Å². The highest BCUT2D eigenvalue weighted by atomic mass is 35.5. The van der Waals surface area contributed by atoms with Crippen molar-refractivity contribution in [3.8, 4) is 5.69 Å². The van der Waals surface area contributed by atoms with Crippen molar-refractivity contribution in [3.63, 3.8) is 0 Å². The van der Waals surface area contributed by atoms with Gasteiger partial charge >= 0.3 is 0 Å². The van der Waals surface area contributed by atoms with Gasteiger partial charge in [-0.1, -0.05) is 13.8 Å². The molecule has 2 aromatic rings. The number of aromatic nitrogens is 2. The van der Waals surface area contributed by atoms with Gasteiger partial charge in [0.15, 0.2) is 5.78 Å². The topological polar surface area (TPSA) is 38.1 Å². The third kappa shape index (κ3) is 6.34. The van der Waals surface area contributed by atoms with Gasteiger partial charge in [0.2, 0.25) is 0 Å². The van der Waals surface area contributed by atoms with Crippen LogP contribution >= 0.6 is 24.8 Å². The second kappa shape index (κ2) is 11.2. The monoisotopic (exact) mass is 357 g/mol. The predicted molar refractivity (Wildman–Crippen MR) is 99.4 cm³/mol. The molecule has 0 saturated heterocycles. The van der Waals surface area contributed by atoms with Crippen molar-refractivity contribution in [1.82, 2.24) is 14.5 Å². The number of carbonyl (C=O) groups is 1. The zero-order chi connectivity index (χ0) is 15.1. The molecule has 1 aromatic carbocycles. The van der Waals surface area contributed by atoms with Crippen LogP contribution in [0.15, 0.2) is 43.0 Å². The van der Waals surface area contributed by atoms with E-state index in [2.05, 4.69) is 23.7 Å². The molecule has 0 aliphatic heterocycles. The van der Waals surface area contributed by atoms with Gasteiger partial charge in [0.1, 0.15) is 0 Å². The Labute approximate surface area is 150 Å². The number of Topliss-reactive ketones (excluding diaryl/α,β-unsaturated/α-hetero) is 1. The average molecular weight is 358 g/mol. The van der Waals surface area contributed by atoms with Gasteiger partial charge in [-0.05, 0) is 50.3 Å². The Morgan fingerprint density at radius 3 is 2.30 bits per heavy atom. The minimum absolute atomic E-state index is 0. The Morgan fingerprint density at radius 1 is 1.13 bits per heavy atom. The third-order valence-electron chi connectivity index (χ3n) is 3.76. The minimum Gasteiger partial charge on any atom is -0.306 e. The molecule has 0 atom stereocenters. The summed E-state index contributed by atoms with van der Waals surface area (Å²) in [6.45, 7) is 7.39. The molecule has 0 radical (unpaired) electrons. The summed E-state index contributed by atoms with van der Waals surface area (Å²) in [5.74, 6) is 0.222. The Kier molecular flexibility index (Phi) is 10.6. The van der Waals surface area contributed by atoms with E-state index in [1.807, 2.05) is 35.0 Å². The van der Waals surface area contributed by atoms with Crippen LogP contribution in [0.5, 0.6) is 0 Å². The van der Waals surface area contributed by atoms with E-state index in [0.717, 1.165) is 37.3 Å². The Bertz CT molecular complexity index is 552. The lowest BCUT2D eigenvalue weighted by Crippen LogP contribution is -2.24. The zero-order valence-electron chi connectivity index (χ0n) is 13.6. The van der Waals surface area contributed by atoms with Crippen molar-refractivity contribution in [3.05, 3.63) is 48.5 Å². The number of hydrogen-bond acceptors (Lipinski definition) is 3. The lowest BCUT2D eigenvalue weighted by Gasteiger charge is -2.17. The van der Waals surface area contributed by atoms with Gasteiger partial charge in [-0.2, -0.15) is 0 Å². The summed E-state index contributed by atoms with van der Waals surface area (Å²) in [4.78, 5) is 18.5. The van der Waals surface area contributed by atoms with Crippen molar-refractivity contribution in [1.29, 1.82) is 0 Å². The van der Waals surface area contributed by atoms with Crippen LogP contribution in [0.1, 0.15) is 37.0 Å². The van der Waals surface area contributed by atoms with Crippen molar-refractivity contribution in [2.45, 2.75) is 26.7 Å². The number of nitrogens with zero attached hydrogens (tertiary/aromatic N) is 3. The summed E-state index contributed by atoms with van der Waals surface area (Å²) < 4.78 is 1.93. The second-order valence-corrected chi connectivity index (χ2v) is 5.07. The van der Waals surface area contributed by atoms with Crippen LogP contribution in [-0.2, 0) is 0 Å². The first-order valence-electron chi connectivity index (χ1n) is 7.58. The van der Waals surface area contributed by atoms with Gasteiger partial charge < -0.3 is 9.47 Å². The van der Waals surface area contributed by atoms with E-state index in [9.17, 15) is 4.79 Å². The van der Waals surface area contributed by atoms with Gasteiger partial charge in [0.25, 0.3) is 0 Å². The lowest BCUT2D eigenvalue weighted by molar-refractivity contribution is 0.0975. The number of hydrogen-bond donors (Lipinski definition) is 0. The average Bonchev–Trinajstić information content (AvgIpc) is 3.06. The standard InChI is InChI=1S/C17H23N3O.2ClH/c1-3-19(4-2)12-5-6-17(21)15-7-9-16(10-8-15)20-13-11-18-14-20;;/h7-11,13-14H,3-6,12H2,1-2H3;2*1H. The van der Waals surface area contributed by atoms with Crippen molar-refractivity contribution in [2.75, 3.05) is 19.6 Å². The van der Waals surface area contributed by atoms with Gasteiger partial charge in [0.05, 0.1) is 6.33 Å². The Balaban J connectivity index is 0.00000242. The molecule has 23 heavy (non-hydrogen) atoms. The quantitative estimate of drug-likeness (QED) is 0.669. The summed E-state index contributed by atoms with van der Waals surface area (Å²) in [7, 11) is 0. The van der Waals surface area contributed by atoms with E-state index in [0.29, 0.717) is 6.42 Å². The zero-order valence-corrected chi connectivity index (χ0v) is 15.3. The molecule has 0 amide bonds. The van der Waals surface area contributed by atoms with Crippen LogP contribution < -0.4 is 0 Å². The molecule has 0 aliphatic rings. The van der Waals surface area contributed by atoms with Crippen LogP contribution in [0.25, 0.3) is 5.69 Å². The number of rotatable bonds is 8. The van der Waals surface area contributed by atoms with E-state index < -0.39 is 0 Å². The van der Waals surface area contributed by atoms with Crippen molar-refractivity contribution < 1.29 is 4.79 Å². The summed E-state index contributed by atoms with van der Waals surface area (Å²) >= 11 is 0. The Morgan fingerprint density at radius 2 is 1.78 bits per heavy atom. The van der Waals surface area contributed by atoms with Crippen LogP contribution in [-0.4, -0.2) is 39.9 Å². The second-order valence-electron chi connectivity index (χ2n) is 5.07. The molecular weight excluding hydrogens is 333 g/mol. The van der Waals surface area contributed by atoms with Crippen LogP contribution in [0.2, 0.25) is 0 Å². The highest BCUT2D eigenvalue weighted by molar-refractivity contribution is 5.96. The van der Waals surface area contributed by atoms with Gasteiger partial charge in [-0.3, -0.25) is 4.79 Å². The number of ketones is 1. The molecule has 1 heterocycles. The summed E-state index contributed by atoms with van der Waals surface area (Å²) in [6.07, 6.45) is 6.92. The summed E-state index contributed by atoms with van der Waals surface area (Å²) in [5.41, 5.74) is 1.81. The summed E-state index contributed by atoms with van der Waals surface area (Å²) in [6, 6.07) is 7.71. The van der Waals surface area contributed by atoms with E-state index in [1.54, 1.807) is 12.5 Å². The molecule has 4 nitrogen and oxygen atoms in total. The molecular formula is C17H25Cl2N3O. The molecule has 0 bridgehead atoms. The molecule has 2 rings (SSSR count). The molecule has 0 saturated carbocycles. The fourth-order valence-electron chi connectivity index (χ4n) is 2.38. The smallest absolute Gasteiger partial charge is 0.162 e. The first kappa shape index (κ1) is 21.6. The van der Waals surface area contributed by atoms with E-state index in [1.165, 1.54) is 0 Å². The molecule has 128 valence electrons. The van der Waals surface area contributed by atoms with Gasteiger partial charge in [0, 0.05) is 30.1 Å². The largest absolute Gasteiger partial charge is 0.306 e. The van der Waals surface area contributed by atoms with Crippen LogP contribution in [0.4, 0.5) is 0 Å². The fourth-order valence-corrected chi connectivity index (χ4v) is 2.38. The van der Waals surface area contributed by atoms with Crippen molar-refractivity contribution in [2.24, 2.45) is 0 Å².